The van der Waals surface area contributed by atoms with Gasteiger partial charge in [0.1, 0.15) is 6.04 Å². The minimum Gasteiger partial charge on any atom is -0.341 e. The van der Waals surface area contributed by atoms with Crippen molar-refractivity contribution < 1.29 is 16.8 Å². The molecular weight excluding hydrogens is 210 g/mol. The molecule has 0 saturated heterocycles. The summed E-state index contributed by atoms with van der Waals surface area (Å²) >= 11 is 4.69. The monoisotopic (exact) mass is 217 g/mol. The fourth-order valence-corrected chi connectivity index (χ4v) is 0.747. The lowest BCUT2D eigenvalue weighted by atomic mass is 10.4. The van der Waals surface area contributed by atoms with Crippen molar-refractivity contribution in [3.63, 3.8) is 0 Å². The summed E-state index contributed by atoms with van der Waals surface area (Å²) in [5.41, 5.74) is 5.15. The highest BCUT2D eigenvalue weighted by molar-refractivity contribution is 7.89. The number of carbonyl (C=O) groups is 1. The average Bonchev–Trinajstić information content (AvgIpc) is 2.02. The van der Waals surface area contributed by atoms with E-state index in [4.69, 9.17) is 5.73 Å². The zero-order valence-corrected chi connectivity index (χ0v) is 7.90. The highest BCUT2D eigenvalue weighted by atomic mass is 32.3. The lowest BCUT2D eigenvalue weighted by Crippen LogP contribution is -2.34. The van der Waals surface area contributed by atoms with Crippen molar-refractivity contribution in [2.45, 2.75) is 6.04 Å². The zero-order chi connectivity index (χ0) is 8.85. The Labute approximate surface area is 77.5 Å². The molecule has 0 rings (SSSR count). The maximum atomic E-state index is 10.6. The van der Waals surface area contributed by atoms with Gasteiger partial charge in [0.05, 0.1) is 0 Å². The van der Waals surface area contributed by atoms with E-state index >= 15 is 0 Å². The second-order valence-corrected chi connectivity index (χ2v) is 3.01. The van der Waals surface area contributed by atoms with Gasteiger partial charge in [-0.1, -0.05) is 0 Å². The molecule has 2 atom stereocenters. The highest BCUT2D eigenvalue weighted by Crippen LogP contribution is 1.95. The van der Waals surface area contributed by atoms with Crippen LogP contribution in [-0.4, -0.2) is 22.0 Å². The topological polar surface area (TPSA) is 78.6 Å². The molecule has 0 radical (unpaired) electrons. The maximum absolute atomic E-state index is 10.6. The fraction of sp³-hybridized carbons (Fsp3) is 0.667. The van der Waals surface area contributed by atoms with Gasteiger partial charge >= 0.3 is 17.3 Å². The second-order valence-electron chi connectivity index (χ2n) is 1.47. The SMILES string of the molecule is NC(CS)C(=O)OS(=O)OS. The molecule has 0 aliphatic heterocycles. The Morgan fingerprint density at radius 1 is 1.73 bits per heavy atom. The Kier molecular flexibility index (Phi) is 5.96. The van der Waals surface area contributed by atoms with E-state index in [1.54, 1.807) is 0 Å². The predicted molar refractivity (Wildman–Crippen MR) is 46.1 cm³/mol. The van der Waals surface area contributed by atoms with E-state index in [9.17, 15) is 9.00 Å². The van der Waals surface area contributed by atoms with Crippen LogP contribution in [0.4, 0.5) is 0 Å². The summed E-state index contributed by atoms with van der Waals surface area (Å²) in [5.74, 6) is -0.727. The summed E-state index contributed by atoms with van der Waals surface area (Å²) in [7, 11) is 0. The van der Waals surface area contributed by atoms with Crippen molar-refractivity contribution in [1.82, 2.24) is 0 Å². The molecule has 0 aromatic heterocycles. The first kappa shape index (κ1) is 11.2. The Morgan fingerprint density at radius 3 is 2.64 bits per heavy atom. The Balaban J connectivity index is 3.77. The molecule has 66 valence electrons. The lowest BCUT2D eigenvalue weighted by molar-refractivity contribution is -0.134. The molecule has 0 aromatic rings. The van der Waals surface area contributed by atoms with Crippen molar-refractivity contribution >= 4 is 42.9 Å². The van der Waals surface area contributed by atoms with Gasteiger partial charge in [-0.3, -0.25) is 0 Å². The number of hydrogen-bond acceptors (Lipinski definition) is 7. The van der Waals surface area contributed by atoms with Gasteiger partial charge in [0.2, 0.25) is 0 Å². The van der Waals surface area contributed by atoms with Gasteiger partial charge in [-0.25, -0.2) is 4.79 Å². The summed E-state index contributed by atoms with van der Waals surface area (Å²) in [6, 6.07) is -0.897. The van der Waals surface area contributed by atoms with Crippen LogP contribution in [0.1, 0.15) is 0 Å². The van der Waals surface area contributed by atoms with E-state index in [0.717, 1.165) is 0 Å². The molecule has 0 amide bonds. The van der Waals surface area contributed by atoms with Gasteiger partial charge in [-0.15, -0.1) is 0 Å². The number of thiol groups is 2. The van der Waals surface area contributed by atoms with Crippen molar-refractivity contribution in [3.8, 4) is 0 Å². The third-order valence-electron chi connectivity index (χ3n) is 0.710. The van der Waals surface area contributed by atoms with Crippen LogP contribution in [0.2, 0.25) is 0 Å². The largest absolute Gasteiger partial charge is 0.374 e. The van der Waals surface area contributed by atoms with E-state index in [1.807, 2.05) is 0 Å². The van der Waals surface area contributed by atoms with E-state index in [1.165, 1.54) is 0 Å². The van der Waals surface area contributed by atoms with Crippen molar-refractivity contribution in [2.75, 3.05) is 5.75 Å². The minimum atomic E-state index is -2.18. The van der Waals surface area contributed by atoms with E-state index in [-0.39, 0.29) is 5.75 Å². The van der Waals surface area contributed by atoms with Crippen LogP contribution < -0.4 is 5.73 Å². The van der Waals surface area contributed by atoms with Crippen molar-refractivity contribution in [3.05, 3.63) is 0 Å². The van der Waals surface area contributed by atoms with Crippen LogP contribution in [0.25, 0.3) is 0 Å². The van der Waals surface area contributed by atoms with Gasteiger partial charge in [-0.05, 0) is 12.9 Å². The van der Waals surface area contributed by atoms with Crippen molar-refractivity contribution in [1.29, 1.82) is 0 Å². The van der Waals surface area contributed by atoms with E-state index in [0.29, 0.717) is 0 Å². The van der Waals surface area contributed by atoms with Crippen molar-refractivity contribution in [2.24, 2.45) is 5.73 Å². The van der Waals surface area contributed by atoms with Gasteiger partial charge in [0.25, 0.3) is 0 Å². The van der Waals surface area contributed by atoms with Crippen LogP contribution in [0.5, 0.6) is 0 Å². The first-order chi connectivity index (χ1) is 5.11. The van der Waals surface area contributed by atoms with Gasteiger partial charge in [0.15, 0.2) is 0 Å². The summed E-state index contributed by atoms with van der Waals surface area (Å²) in [6.07, 6.45) is 0. The number of carbonyl (C=O) groups excluding carboxylic acids is 1. The maximum Gasteiger partial charge on any atom is 0.374 e. The average molecular weight is 217 g/mol. The van der Waals surface area contributed by atoms with Gasteiger partial charge in [-0.2, -0.15) is 20.5 Å². The molecule has 8 heteroatoms. The van der Waals surface area contributed by atoms with Gasteiger partial charge < -0.3 is 9.92 Å². The summed E-state index contributed by atoms with van der Waals surface area (Å²) < 4.78 is 18.3. The van der Waals surface area contributed by atoms with E-state index < -0.39 is 23.4 Å². The third kappa shape index (κ3) is 4.64. The highest BCUT2D eigenvalue weighted by Gasteiger charge is 2.16. The molecule has 0 spiro atoms. The molecule has 5 nitrogen and oxygen atoms in total. The quantitative estimate of drug-likeness (QED) is 0.425. The van der Waals surface area contributed by atoms with Crippen LogP contribution in [0, 0.1) is 0 Å². The Hall–Kier alpha value is 0.240. The molecule has 2 N–H and O–H groups in total. The first-order valence-electron chi connectivity index (χ1n) is 2.44. The molecule has 0 aromatic carbocycles. The molecular formula is C3H7NO4S3. The minimum absolute atomic E-state index is 0.114. The number of hydrogen-bond donors (Lipinski definition) is 3. The molecule has 11 heavy (non-hydrogen) atoms. The molecule has 0 aliphatic carbocycles. The van der Waals surface area contributed by atoms with Crippen LogP contribution in [-0.2, 0) is 24.0 Å². The Morgan fingerprint density at radius 2 is 2.27 bits per heavy atom. The normalized spacial score (nSPS) is 15.5. The fourth-order valence-electron chi connectivity index (χ4n) is 0.219. The molecule has 0 aliphatic rings. The number of nitrogens with two attached hydrogens (primary N) is 1. The molecule has 0 saturated carbocycles. The van der Waals surface area contributed by atoms with Crippen LogP contribution in [0.15, 0.2) is 0 Å². The Bertz CT molecular complexity index is 163. The molecule has 0 fully saturated rings. The molecule has 2 unspecified atom stereocenters. The second kappa shape index (κ2) is 5.84. The molecule has 0 bridgehead atoms. The van der Waals surface area contributed by atoms with Gasteiger partial charge in [0, 0.05) is 5.75 Å². The summed E-state index contributed by atoms with van der Waals surface area (Å²) in [5, 5.41) is 0. The summed E-state index contributed by atoms with van der Waals surface area (Å²) in [6.45, 7) is 0. The molecule has 0 heterocycles. The van der Waals surface area contributed by atoms with Crippen LogP contribution in [0.3, 0.4) is 0 Å². The predicted octanol–water partition coefficient (Wildman–Crippen LogP) is -0.773. The smallest absolute Gasteiger partial charge is 0.341 e. The lowest BCUT2D eigenvalue weighted by Gasteiger charge is -2.04. The summed E-state index contributed by atoms with van der Waals surface area (Å²) in [4.78, 5) is 10.6. The third-order valence-corrected chi connectivity index (χ3v) is 1.89. The van der Waals surface area contributed by atoms with E-state index in [2.05, 4.69) is 33.4 Å². The standard InChI is InChI=1S/C3H7NO4S3/c4-2(1-9)3(5)7-11(6)8-10/h2,9-10H,1,4H2. The number of rotatable bonds is 4. The first-order valence-corrected chi connectivity index (χ1v) is 4.43. The zero-order valence-electron chi connectivity index (χ0n) is 5.30. The van der Waals surface area contributed by atoms with Crippen LogP contribution >= 0.6 is 25.5 Å².